The van der Waals surface area contributed by atoms with Gasteiger partial charge in [-0.2, -0.15) is 0 Å². The molecule has 0 unspecified atom stereocenters. The molecule has 0 amide bonds. The summed E-state index contributed by atoms with van der Waals surface area (Å²) >= 11 is 2.92. The first-order valence-corrected chi connectivity index (χ1v) is 10.7. The molecule has 0 bridgehead atoms. The number of methoxy groups -OCH3 is 1. The molecule has 0 spiro atoms. The number of rotatable bonds is 6. The van der Waals surface area contributed by atoms with Crippen molar-refractivity contribution in [2.45, 2.75) is 44.8 Å². The molecule has 0 aliphatic heterocycles. The average molecular weight is 398 g/mol. The quantitative estimate of drug-likeness (QED) is 0.409. The summed E-state index contributed by atoms with van der Waals surface area (Å²) in [4.78, 5) is 29.5. The number of carbonyl (C=O) groups is 2. The van der Waals surface area contributed by atoms with Crippen molar-refractivity contribution < 1.29 is 19.1 Å². The fraction of sp³-hybridized carbons (Fsp3) is 0.526. The van der Waals surface area contributed by atoms with Crippen molar-refractivity contribution in [2.24, 2.45) is 4.99 Å². The van der Waals surface area contributed by atoms with E-state index in [1.807, 2.05) is 63.6 Å². The van der Waals surface area contributed by atoms with Crippen molar-refractivity contribution >= 4 is 39.8 Å². The Morgan fingerprint density at radius 1 is 1.12 bits per heavy atom. The largest absolute Gasteiger partial charge is 0.469 e. The highest BCUT2D eigenvalue weighted by molar-refractivity contribution is 8.38. The summed E-state index contributed by atoms with van der Waals surface area (Å²) in [5.74, 6) is -1.30. The highest BCUT2D eigenvalue weighted by Gasteiger charge is 2.35. The van der Waals surface area contributed by atoms with Gasteiger partial charge in [0.2, 0.25) is 0 Å². The number of aliphatic imine (C=N–C) groups is 1. The van der Waals surface area contributed by atoms with Crippen LogP contribution in [0.5, 0.6) is 0 Å². The number of carbonyl (C=O) groups excluding carboxylic acids is 2. The maximum Gasteiger partial charge on any atom is 0.332 e. The van der Waals surface area contributed by atoms with Crippen molar-refractivity contribution in [3.05, 3.63) is 35.9 Å². The fourth-order valence-corrected chi connectivity index (χ4v) is 3.45. The zero-order valence-electron chi connectivity index (χ0n) is 16.1. The number of hydrogen-bond acceptors (Lipinski definition) is 7. The van der Waals surface area contributed by atoms with Crippen LogP contribution >= 0.6 is 23.5 Å². The average Bonchev–Trinajstić information content (AvgIpc) is 2.60. The standard InChI is InChI=1S/C19H27NO4S2/c1-19(2,3)24-17(22)16(20-18(25-5)26-6)14(12-15(21)23-4)13-10-8-7-9-11-13/h7-11,14,16H,12H2,1-6H3/t14-,16-/m0/s1. The number of hydrogen-bond donors (Lipinski definition) is 0. The second-order valence-electron chi connectivity index (χ2n) is 6.58. The second kappa shape index (κ2) is 10.6. The van der Waals surface area contributed by atoms with Gasteiger partial charge in [0.25, 0.3) is 0 Å². The van der Waals surface area contributed by atoms with Gasteiger partial charge in [-0.3, -0.25) is 9.79 Å². The molecule has 0 N–H and O–H groups in total. The number of benzene rings is 1. The van der Waals surface area contributed by atoms with Crippen LogP contribution in [0.2, 0.25) is 0 Å². The number of thioether (sulfide) groups is 2. The van der Waals surface area contributed by atoms with Crippen LogP contribution in [-0.2, 0) is 19.1 Å². The van der Waals surface area contributed by atoms with Gasteiger partial charge >= 0.3 is 11.9 Å². The van der Waals surface area contributed by atoms with Gasteiger partial charge in [0, 0.05) is 5.92 Å². The monoisotopic (exact) mass is 397 g/mol. The van der Waals surface area contributed by atoms with E-state index in [4.69, 9.17) is 9.47 Å². The third-order valence-corrected chi connectivity index (χ3v) is 5.37. The summed E-state index contributed by atoms with van der Waals surface area (Å²) in [6.07, 6.45) is 3.85. The number of nitrogens with zero attached hydrogens (tertiary/aromatic N) is 1. The molecule has 0 saturated heterocycles. The van der Waals surface area contributed by atoms with Gasteiger partial charge in [-0.15, -0.1) is 23.5 Å². The summed E-state index contributed by atoms with van der Waals surface area (Å²) < 4.78 is 11.2. The van der Waals surface area contributed by atoms with E-state index in [0.717, 1.165) is 9.94 Å². The zero-order chi connectivity index (χ0) is 19.7. The van der Waals surface area contributed by atoms with Crippen LogP contribution in [0.3, 0.4) is 0 Å². The molecule has 2 atom stereocenters. The Morgan fingerprint density at radius 3 is 2.15 bits per heavy atom. The maximum absolute atomic E-state index is 12.9. The second-order valence-corrected chi connectivity index (χ2v) is 8.43. The first-order valence-electron chi connectivity index (χ1n) is 8.22. The van der Waals surface area contributed by atoms with E-state index in [1.165, 1.54) is 30.6 Å². The van der Waals surface area contributed by atoms with E-state index in [2.05, 4.69) is 4.99 Å². The highest BCUT2D eigenvalue weighted by atomic mass is 32.2. The third kappa shape index (κ3) is 7.41. The van der Waals surface area contributed by atoms with Crippen molar-refractivity contribution in [3.63, 3.8) is 0 Å². The molecule has 5 nitrogen and oxygen atoms in total. The van der Waals surface area contributed by atoms with Crippen molar-refractivity contribution in [3.8, 4) is 0 Å². The minimum Gasteiger partial charge on any atom is -0.469 e. The molecule has 1 rings (SSSR count). The first-order chi connectivity index (χ1) is 12.2. The zero-order valence-corrected chi connectivity index (χ0v) is 17.8. The van der Waals surface area contributed by atoms with Gasteiger partial charge in [0.1, 0.15) is 9.98 Å². The van der Waals surface area contributed by atoms with Crippen LogP contribution in [0.4, 0.5) is 0 Å². The lowest BCUT2D eigenvalue weighted by molar-refractivity contribution is -0.157. The molecule has 7 heteroatoms. The number of esters is 2. The smallest absolute Gasteiger partial charge is 0.332 e. The topological polar surface area (TPSA) is 65.0 Å². The van der Waals surface area contributed by atoms with Gasteiger partial charge < -0.3 is 9.47 Å². The minimum atomic E-state index is -0.828. The molecule has 26 heavy (non-hydrogen) atoms. The predicted octanol–water partition coefficient (Wildman–Crippen LogP) is 4.13. The van der Waals surface area contributed by atoms with E-state index in [1.54, 1.807) is 0 Å². The van der Waals surface area contributed by atoms with Crippen LogP contribution in [-0.4, -0.2) is 47.6 Å². The lowest BCUT2D eigenvalue weighted by Crippen LogP contribution is -2.36. The lowest BCUT2D eigenvalue weighted by Gasteiger charge is -2.27. The van der Waals surface area contributed by atoms with E-state index in [9.17, 15) is 9.59 Å². The van der Waals surface area contributed by atoms with Gasteiger partial charge in [0.05, 0.1) is 13.5 Å². The highest BCUT2D eigenvalue weighted by Crippen LogP contribution is 2.30. The molecule has 0 aromatic heterocycles. The van der Waals surface area contributed by atoms with Crippen LogP contribution in [0.25, 0.3) is 0 Å². The summed E-state index contributed by atoms with van der Waals surface area (Å²) in [6.45, 7) is 5.44. The summed E-state index contributed by atoms with van der Waals surface area (Å²) in [6, 6.07) is 8.58. The van der Waals surface area contributed by atoms with Crippen LogP contribution in [0.1, 0.15) is 38.7 Å². The molecule has 1 aromatic carbocycles. The first kappa shape index (κ1) is 22.6. The Morgan fingerprint density at radius 2 is 1.69 bits per heavy atom. The molecule has 0 heterocycles. The summed E-state index contributed by atoms with van der Waals surface area (Å²) in [5.41, 5.74) is 0.204. The van der Waals surface area contributed by atoms with Crippen LogP contribution in [0.15, 0.2) is 35.3 Å². The summed E-state index contributed by atoms with van der Waals surface area (Å²) in [5, 5.41) is 0. The van der Waals surface area contributed by atoms with E-state index < -0.39 is 29.5 Å². The molecular formula is C19H27NO4S2. The predicted molar refractivity (Wildman–Crippen MR) is 110 cm³/mol. The molecule has 1 aromatic rings. The molecule has 0 saturated carbocycles. The number of ether oxygens (including phenoxy) is 2. The van der Waals surface area contributed by atoms with Crippen molar-refractivity contribution in [1.29, 1.82) is 0 Å². The van der Waals surface area contributed by atoms with E-state index in [0.29, 0.717) is 0 Å². The fourth-order valence-electron chi connectivity index (χ4n) is 2.35. The minimum absolute atomic E-state index is 0.0456. The van der Waals surface area contributed by atoms with Crippen LogP contribution < -0.4 is 0 Å². The Balaban J connectivity index is 3.37. The maximum atomic E-state index is 12.9. The van der Waals surface area contributed by atoms with Crippen molar-refractivity contribution in [1.82, 2.24) is 0 Å². The molecular weight excluding hydrogens is 370 g/mol. The van der Waals surface area contributed by atoms with Gasteiger partial charge in [-0.05, 0) is 38.8 Å². The van der Waals surface area contributed by atoms with E-state index >= 15 is 0 Å². The molecule has 0 fully saturated rings. The van der Waals surface area contributed by atoms with Gasteiger partial charge in [-0.1, -0.05) is 30.3 Å². The van der Waals surface area contributed by atoms with Crippen molar-refractivity contribution in [2.75, 3.05) is 19.6 Å². The van der Waals surface area contributed by atoms with E-state index in [-0.39, 0.29) is 6.42 Å². The Labute approximate surface area is 164 Å². The summed E-state index contributed by atoms with van der Waals surface area (Å²) in [7, 11) is 1.34. The Hall–Kier alpha value is -1.47. The lowest BCUT2D eigenvalue weighted by atomic mass is 9.88. The molecule has 0 aliphatic rings. The molecule has 0 radical (unpaired) electrons. The Bertz CT molecular complexity index is 620. The normalized spacial score (nSPS) is 13.5. The molecule has 144 valence electrons. The Kier molecular flexibility index (Phi) is 9.22. The third-order valence-electron chi connectivity index (χ3n) is 3.47. The van der Waals surface area contributed by atoms with Gasteiger partial charge in [-0.25, -0.2) is 4.79 Å². The van der Waals surface area contributed by atoms with Gasteiger partial charge in [0.15, 0.2) is 6.04 Å². The molecule has 0 aliphatic carbocycles. The van der Waals surface area contributed by atoms with Crippen LogP contribution in [0, 0.1) is 0 Å². The SMILES string of the molecule is COC(=O)C[C@@H](c1ccccc1)[C@H](N=C(SC)SC)C(=O)OC(C)(C)C.